The standard InChI is InChI=1S/C10H19N3O/c1-7-9(11)2-3-13(7)6-8-4-10(14)12-5-8/h7-9H,2-6,11H2,1H3,(H,12,14). The van der Waals surface area contributed by atoms with Crippen molar-refractivity contribution in [1.29, 1.82) is 0 Å². The van der Waals surface area contributed by atoms with E-state index in [0.29, 0.717) is 24.4 Å². The summed E-state index contributed by atoms with van der Waals surface area (Å²) < 4.78 is 0. The molecule has 4 heteroatoms. The lowest BCUT2D eigenvalue weighted by atomic mass is 10.1. The number of hydrogen-bond acceptors (Lipinski definition) is 3. The van der Waals surface area contributed by atoms with Gasteiger partial charge in [-0.05, 0) is 19.3 Å². The van der Waals surface area contributed by atoms with Crippen LogP contribution in [-0.4, -0.2) is 42.5 Å². The molecule has 0 aromatic heterocycles. The molecule has 3 N–H and O–H groups in total. The fourth-order valence-corrected chi connectivity index (χ4v) is 2.41. The van der Waals surface area contributed by atoms with Crippen LogP contribution in [0.2, 0.25) is 0 Å². The zero-order chi connectivity index (χ0) is 10.1. The van der Waals surface area contributed by atoms with Gasteiger partial charge < -0.3 is 11.1 Å². The quantitative estimate of drug-likeness (QED) is 0.630. The summed E-state index contributed by atoms with van der Waals surface area (Å²) in [6, 6.07) is 0.797. The van der Waals surface area contributed by atoms with Gasteiger partial charge in [0.2, 0.25) is 5.91 Å². The van der Waals surface area contributed by atoms with Crippen LogP contribution in [0.5, 0.6) is 0 Å². The average molecular weight is 197 g/mol. The van der Waals surface area contributed by atoms with Crippen molar-refractivity contribution < 1.29 is 4.79 Å². The lowest BCUT2D eigenvalue weighted by molar-refractivity contribution is -0.119. The fraction of sp³-hybridized carbons (Fsp3) is 0.900. The van der Waals surface area contributed by atoms with Crippen LogP contribution in [0.25, 0.3) is 0 Å². The van der Waals surface area contributed by atoms with Crippen LogP contribution in [0.3, 0.4) is 0 Å². The topological polar surface area (TPSA) is 58.4 Å². The smallest absolute Gasteiger partial charge is 0.220 e. The molecule has 2 saturated heterocycles. The van der Waals surface area contributed by atoms with Gasteiger partial charge >= 0.3 is 0 Å². The Hall–Kier alpha value is -0.610. The summed E-state index contributed by atoms with van der Waals surface area (Å²) in [6.45, 7) is 5.14. The second kappa shape index (κ2) is 3.87. The van der Waals surface area contributed by atoms with Gasteiger partial charge in [0.05, 0.1) is 0 Å². The average Bonchev–Trinajstić information content (AvgIpc) is 2.67. The number of nitrogens with two attached hydrogens (primary N) is 1. The predicted octanol–water partition coefficient (Wildman–Crippen LogP) is -0.456. The van der Waals surface area contributed by atoms with Gasteiger partial charge in [-0.3, -0.25) is 9.69 Å². The van der Waals surface area contributed by atoms with Crippen molar-refractivity contribution in [3.63, 3.8) is 0 Å². The van der Waals surface area contributed by atoms with Crippen LogP contribution in [-0.2, 0) is 4.79 Å². The molecule has 0 aromatic carbocycles. The van der Waals surface area contributed by atoms with Gasteiger partial charge in [-0.25, -0.2) is 0 Å². The highest BCUT2D eigenvalue weighted by molar-refractivity contribution is 5.78. The number of hydrogen-bond donors (Lipinski definition) is 2. The van der Waals surface area contributed by atoms with Crippen molar-refractivity contribution >= 4 is 5.91 Å². The Morgan fingerprint density at radius 1 is 1.64 bits per heavy atom. The van der Waals surface area contributed by atoms with E-state index in [-0.39, 0.29) is 5.91 Å². The van der Waals surface area contributed by atoms with E-state index < -0.39 is 0 Å². The maximum absolute atomic E-state index is 11.0. The van der Waals surface area contributed by atoms with Crippen LogP contribution in [0.15, 0.2) is 0 Å². The van der Waals surface area contributed by atoms with E-state index in [4.69, 9.17) is 5.73 Å². The molecule has 0 aliphatic carbocycles. The van der Waals surface area contributed by atoms with Crippen LogP contribution < -0.4 is 11.1 Å². The first kappa shape index (κ1) is 9.93. The van der Waals surface area contributed by atoms with Crippen molar-refractivity contribution in [3.8, 4) is 0 Å². The Balaban J connectivity index is 1.83. The first-order valence-electron chi connectivity index (χ1n) is 5.43. The number of nitrogens with zero attached hydrogens (tertiary/aromatic N) is 1. The summed E-state index contributed by atoms with van der Waals surface area (Å²) in [5, 5.41) is 2.87. The molecule has 2 aliphatic heterocycles. The molecule has 2 rings (SSSR count). The maximum atomic E-state index is 11.0. The van der Waals surface area contributed by atoms with Gasteiger partial charge in [0, 0.05) is 38.1 Å². The zero-order valence-electron chi connectivity index (χ0n) is 8.70. The molecule has 0 bridgehead atoms. The zero-order valence-corrected chi connectivity index (χ0v) is 8.70. The SMILES string of the molecule is CC1C(N)CCN1CC1CNC(=O)C1. The number of carbonyl (C=O) groups excluding carboxylic acids is 1. The summed E-state index contributed by atoms with van der Waals surface area (Å²) in [6.07, 6.45) is 1.79. The highest BCUT2D eigenvalue weighted by Gasteiger charge is 2.31. The molecule has 2 fully saturated rings. The molecule has 14 heavy (non-hydrogen) atoms. The van der Waals surface area contributed by atoms with E-state index in [1.54, 1.807) is 0 Å². The van der Waals surface area contributed by atoms with Crippen LogP contribution in [0.4, 0.5) is 0 Å². The molecular formula is C10H19N3O. The first-order valence-corrected chi connectivity index (χ1v) is 5.43. The largest absolute Gasteiger partial charge is 0.356 e. The molecule has 3 atom stereocenters. The van der Waals surface area contributed by atoms with Crippen molar-refractivity contribution in [2.24, 2.45) is 11.7 Å². The number of amides is 1. The Morgan fingerprint density at radius 3 is 2.93 bits per heavy atom. The van der Waals surface area contributed by atoms with Gasteiger partial charge in [-0.15, -0.1) is 0 Å². The summed E-state index contributed by atoms with van der Waals surface area (Å²) >= 11 is 0. The van der Waals surface area contributed by atoms with Gasteiger partial charge in [0.1, 0.15) is 0 Å². The molecule has 80 valence electrons. The Kier molecular flexibility index (Phi) is 2.74. The number of carbonyl (C=O) groups is 1. The number of rotatable bonds is 2. The maximum Gasteiger partial charge on any atom is 0.220 e. The van der Waals surface area contributed by atoms with Gasteiger partial charge in [-0.2, -0.15) is 0 Å². The first-order chi connectivity index (χ1) is 6.66. The third-order valence-corrected chi connectivity index (χ3v) is 3.50. The minimum absolute atomic E-state index is 0.200. The van der Waals surface area contributed by atoms with Crippen molar-refractivity contribution in [3.05, 3.63) is 0 Å². The van der Waals surface area contributed by atoms with E-state index >= 15 is 0 Å². The molecule has 2 heterocycles. The molecule has 0 radical (unpaired) electrons. The molecule has 0 aromatic rings. The molecular weight excluding hydrogens is 178 g/mol. The number of likely N-dealkylation sites (tertiary alicyclic amines) is 1. The Morgan fingerprint density at radius 2 is 2.43 bits per heavy atom. The Labute approximate surface area is 84.8 Å². The second-order valence-corrected chi connectivity index (χ2v) is 4.56. The summed E-state index contributed by atoms with van der Waals surface area (Å²) in [7, 11) is 0. The Bertz CT molecular complexity index is 231. The highest BCUT2D eigenvalue weighted by atomic mass is 16.1. The van der Waals surface area contributed by atoms with E-state index in [2.05, 4.69) is 17.1 Å². The molecule has 0 saturated carbocycles. The number of nitrogens with one attached hydrogen (secondary N) is 1. The normalized spacial score (nSPS) is 39.0. The predicted molar refractivity (Wildman–Crippen MR) is 54.7 cm³/mol. The lowest BCUT2D eigenvalue weighted by Crippen LogP contribution is -2.39. The summed E-state index contributed by atoms with van der Waals surface area (Å²) in [5.41, 5.74) is 5.95. The third kappa shape index (κ3) is 1.91. The monoisotopic (exact) mass is 197 g/mol. The van der Waals surface area contributed by atoms with Crippen LogP contribution >= 0.6 is 0 Å². The van der Waals surface area contributed by atoms with Crippen molar-refractivity contribution in [1.82, 2.24) is 10.2 Å². The van der Waals surface area contributed by atoms with Gasteiger partial charge in [0.25, 0.3) is 0 Å². The van der Waals surface area contributed by atoms with Crippen molar-refractivity contribution in [2.75, 3.05) is 19.6 Å². The molecule has 0 spiro atoms. The minimum Gasteiger partial charge on any atom is -0.356 e. The molecule has 3 unspecified atom stereocenters. The molecule has 2 aliphatic rings. The van der Waals surface area contributed by atoms with E-state index in [1.807, 2.05) is 0 Å². The van der Waals surface area contributed by atoms with Crippen molar-refractivity contribution in [2.45, 2.75) is 31.8 Å². The van der Waals surface area contributed by atoms with Crippen LogP contribution in [0.1, 0.15) is 19.8 Å². The second-order valence-electron chi connectivity index (χ2n) is 4.56. The lowest BCUT2D eigenvalue weighted by Gasteiger charge is -2.25. The van der Waals surface area contributed by atoms with E-state index in [1.165, 1.54) is 0 Å². The summed E-state index contributed by atoms with van der Waals surface area (Å²) in [5.74, 6) is 0.696. The molecule has 4 nitrogen and oxygen atoms in total. The van der Waals surface area contributed by atoms with Gasteiger partial charge in [-0.1, -0.05) is 0 Å². The minimum atomic E-state index is 0.200. The summed E-state index contributed by atoms with van der Waals surface area (Å²) in [4.78, 5) is 13.4. The van der Waals surface area contributed by atoms with Crippen LogP contribution in [0, 0.1) is 5.92 Å². The van der Waals surface area contributed by atoms with E-state index in [0.717, 1.165) is 26.1 Å². The highest BCUT2D eigenvalue weighted by Crippen LogP contribution is 2.19. The van der Waals surface area contributed by atoms with Gasteiger partial charge in [0.15, 0.2) is 0 Å². The fourth-order valence-electron chi connectivity index (χ4n) is 2.41. The van der Waals surface area contributed by atoms with E-state index in [9.17, 15) is 4.79 Å². The molecule has 1 amide bonds. The third-order valence-electron chi connectivity index (χ3n) is 3.50.